The second-order valence-electron chi connectivity index (χ2n) is 11.6. The molecule has 0 spiro atoms. The number of hydrogen-bond donors (Lipinski definition) is 4. The van der Waals surface area contributed by atoms with Gasteiger partial charge in [0, 0.05) is 30.7 Å². The van der Waals surface area contributed by atoms with Gasteiger partial charge in [-0.05, 0) is 11.1 Å². The van der Waals surface area contributed by atoms with Gasteiger partial charge in [-0.3, -0.25) is 9.59 Å². The minimum Gasteiger partial charge on any atom is -0.496 e. The van der Waals surface area contributed by atoms with Crippen molar-refractivity contribution in [2.24, 2.45) is 5.92 Å². The number of benzene rings is 3. The Kier molecular flexibility index (Phi) is 8.98. The van der Waals surface area contributed by atoms with Crippen LogP contribution in [0, 0.1) is 5.92 Å². The van der Waals surface area contributed by atoms with E-state index in [1.807, 2.05) is 0 Å². The van der Waals surface area contributed by atoms with Gasteiger partial charge in [0.05, 0.1) is 38.9 Å². The molecule has 13 heteroatoms. The van der Waals surface area contributed by atoms with Gasteiger partial charge in [-0.15, -0.1) is 0 Å². The monoisotopic (exact) mass is 652 g/mol. The number of aliphatic hydroxyl groups excluding tert-OH is 3. The highest BCUT2D eigenvalue weighted by Crippen LogP contribution is 2.70. The molecule has 47 heavy (non-hydrogen) atoms. The van der Waals surface area contributed by atoms with Crippen LogP contribution in [0.2, 0.25) is 0 Å². The molecule has 4 N–H and O–H groups in total. The summed E-state index contributed by atoms with van der Waals surface area (Å²) in [6.07, 6.45) is -5.46. The van der Waals surface area contributed by atoms with E-state index in [1.165, 1.54) is 33.5 Å². The molecule has 250 valence electrons. The summed E-state index contributed by atoms with van der Waals surface area (Å²) in [4.78, 5) is 25.0. The van der Waals surface area contributed by atoms with Crippen LogP contribution in [-0.2, 0) is 34.9 Å². The van der Waals surface area contributed by atoms with Crippen LogP contribution in [0.3, 0.4) is 0 Å². The standard InChI is InChI=1S/C34H36O13/c1-41-23-13-21(45-32-31(43-3)44-17-25(46-32)22(37)16-36)14-24-28(23)33(40)29(38)26(30(39)42-2)27(19-7-5-4-6-8-19)34(33,47-24)20-11-9-18(15-35)10-12-20/h4-15,22,25-27,29,31-32,36-38,40H,16-17H2,1-3H3/t22-,25-,26-,27-,29-,31-,32-,33+,34+/m1/s1. The van der Waals surface area contributed by atoms with E-state index in [9.17, 15) is 30.0 Å². The topological polar surface area (TPSA) is 180 Å². The van der Waals surface area contributed by atoms with Crippen LogP contribution in [-0.4, -0.2) is 98.1 Å². The molecule has 3 aromatic carbocycles. The Bertz CT molecular complexity index is 1600. The molecule has 1 aliphatic carbocycles. The second-order valence-corrected chi connectivity index (χ2v) is 11.6. The van der Waals surface area contributed by atoms with Crippen molar-refractivity contribution < 1.29 is 63.2 Å². The summed E-state index contributed by atoms with van der Waals surface area (Å²) in [6.45, 7) is -0.625. The molecule has 1 saturated carbocycles. The van der Waals surface area contributed by atoms with Crippen molar-refractivity contribution in [2.75, 3.05) is 34.5 Å². The van der Waals surface area contributed by atoms with Gasteiger partial charge < -0.3 is 53.6 Å². The van der Waals surface area contributed by atoms with Gasteiger partial charge in [0.2, 0.25) is 6.29 Å². The Balaban J connectivity index is 1.53. The van der Waals surface area contributed by atoms with Crippen molar-refractivity contribution in [3.63, 3.8) is 0 Å². The minimum absolute atomic E-state index is 0.0559. The molecular weight excluding hydrogens is 616 g/mol. The first kappa shape index (κ1) is 32.8. The van der Waals surface area contributed by atoms with Crippen molar-refractivity contribution in [2.45, 2.75) is 48.0 Å². The summed E-state index contributed by atoms with van der Waals surface area (Å²) in [7, 11) is 3.95. The number of rotatable bonds is 10. The lowest BCUT2D eigenvalue weighted by atomic mass is 9.70. The van der Waals surface area contributed by atoms with Gasteiger partial charge in [-0.25, -0.2) is 0 Å². The average molecular weight is 653 g/mol. The molecule has 0 unspecified atom stereocenters. The molecule has 2 fully saturated rings. The summed E-state index contributed by atoms with van der Waals surface area (Å²) in [5.74, 6) is -2.81. The van der Waals surface area contributed by atoms with Gasteiger partial charge in [0.15, 0.2) is 11.2 Å². The summed E-state index contributed by atoms with van der Waals surface area (Å²) in [5, 5.41) is 44.6. The fourth-order valence-electron chi connectivity index (χ4n) is 7.08. The molecule has 2 aliphatic heterocycles. The first-order chi connectivity index (χ1) is 22.7. The highest BCUT2D eigenvalue weighted by molar-refractivity contribution is 5.79. The van der Waals surface area contributed by atoms with Gasteiger partial charge in [-0.1, -0.05) is 54.6 Å². The number of esters is 1. The van der Waals surface area contributed by atoms with Crippen molar-refractivity contribution in [1.29, 1.82) is 0 Å². The maximum Gasteiger partial charge on any atom is 0.312 e. The van der Waals surface area contributed by atoms with E-state index in [2.05, 4.69) is 0 Å². The summed E-state index contributed by atoms with van der Waals surface area (Å²) >= 11 is 0. The molecule has 1 saturated heterocycles. The first-order valence-electron chi connectivity index (χ1n) is 14.9. The number of carbonyl (C=O) groups excluding carboxylic acids is 2. The van der Waals surface area contributed by atoms with E-state index < -0.39 is 66.5 Å². The molecule has 3 aromatic rings. The van der Waals surface area contributed by atoms with Crippen LogP contribution >= 0.6 is 0 Å². The number of aldehydes is 1. The van der Waals surface area contributed by atoms with E-state index >= 15 is 0 Å². The van der Waals surface area contributed by atoms with Crippen LogP contribution in [0.4, 0.5) is 0 Å². The SMILES string of the molecule is COC(=O)[C@H]1[C@@H](O)[C@@]2(O)c3c(OC)cc(O[C@@H]4O[C@@H]([C@H](O)CO)CO[C@H]4OC)cc3O[C@@]2(c2ccc(C=O)cc2)[C@@H]1c1ccccc1. The van der Waals surface area contributed by atoms with E-state index in [1.54, 1.807) is 54.6 Å². The Hall–Kier alpha value is -4.08. The molecule has 6 rings (SSSR count). The molecular formula is C34H36O13. The van der Waals surface area contributed by atoms with Crippen LogP contribution in [0.15, 0.2) is 66.7 Å². The molecule has 3 aliphatic rings. The van der Waals surface area contributed by atoms with E-state index in [-0.39, 0.29) is 29.4 Å². The van der Waals surface area contributed by atoms with Gasteiger partial charge >= 0.3 is 5.97 Å². The summed E-state index contributed by atoms with van der Waals surface area (Å²) < 4.78 is 40.7. The predicted molar refractivity (Wildman–Crippen MR) is 161 cm³/mol. The minimum atomic E-state index is -2.30. The molecule has 0 bridgehead atoms. The fourth-order valence-corrected chi connectivity index (χ4v) is 7.08. The zero-order valence-corrected chi connectivity index (χ0v) is 25.8. The lowest BCUT2D eigenvalue weighted by Gasteiger charge is -2.40. The van der Waals surface area contributed by atoms with E-state index in [0.717, 1.165) is 0 Å². The van der Waals surface area contributed by atoms with E-state index in [0.29, 0.717) is 23.0 Å². The average Bonchev–Trinajstić information content (AvgIpc) is 3.49. The zero-order valence-electron chi connectivity index (χ0n) is 25.8. The van der Waals surface area contributed by atoms with Crippen molar-refractivity contribution >= 4 is 12.3 Å². The van der Waals surface area contributed by atoms with Crippen LogP contribution in [0.1, 0.15) is 33.0 Å². The molecule has 9 atom stereocenters. The molecule has 0 aromatic heterocycles. The fraction of sp³-hybridized carbons (Fsp3) is 0.412. The van der Waals surface area contributed by atoms with E-state index in [4.69, 9.17) is 33.2 Å². The number of hydrogen-bond acceptors (Lipinski definition) is 13. The Morgan fingerprint density at radius 1 is 1.06 bits per heavy atom. The van der Waals surface area contributed by atoms with Crippen molar-refractivity contribution in [1.82, 2.24) is 0 Å². The number of fused-ring (bicyclic) bond motifs is 3. The summed E-state index contributed by atoms with van der Waals surface area (Å²) in [5.41, 5.74) is -2.78. The highest BCUT2D eigenvalue weighted by Gasteiger charge is 2.78. The normalized spacial score (nSPS) is 31.6. The second kappa shape index (κ2) is 12.8. The van der Waals surface area contributed by atoms with Crippen LogP contribution < -0.4 is 14.2 Å². The molecule has 0 radical (unpaired) electrons. The molecule has 0 amide bonds. The molecule has 2 heterocycles. The van der Waals surface area contributed by atoms with Gasteiger partial charge in [0.25, 0.3) is 6.29 Å². The highest BCUT2D eigenvalue weighted by atomic mass is 16.8. The maximum absolute atomic E-state index is 13.4. The number of aliphatic hydroxyl groups is 4. The number of carbonyl (C=O) groups is 2. The maximum atomic E-state index is 13.4. The quantitative estimate of drug-likeness (QED) is 0.182. The van der Waals surface area contributed by atoms with Crippen molar-refractivity contribution in [3.8, 4) is 17.2 Å². The largest absolute Gasteiger partial charge is 0.496 e. The van der Waals surface area contributed by atoms with Crippen molar-refractivity contribution in [3.05, 3.63) is 89.0 Å². The Morgan fingerprint density at radius 3 is 2.40 bits per heavy atom. The Labute approximate surface area is 270 Å². The third-order valence-corrected chi connectivity index (χ3v) is 9.21. The lowest BCUT2D eigenvalue weighted by molar-refractivity contribution is -0.324. The van der Waals surface area contributed by atoms with Crippen LogP contribution in [0.5, 0.6) is 17.2 Å². The van der Waals surface area contributed by atoms with Gasteiger partial charge in [0.1, 0.15) is 41.8 Å². The predicted octanol–water partition coefficient (Wildman–Crippen LogP) is 1.38. The number of ether oxygens (including phenoxy) is 7. The molecule has 13 nitrogen and oxygen atoms in total. The van der Waals surface area contributed by atoms with Crippen LogP contribution in [0.25, 0.3) is 0 Å². The lowest BCUT2D eigenvalue weighted by Crippen LogP contribution is -2.52. The van der Waals surface area contributed by atoms with Gasteiger partial charge in [-0.2, -0.15) is 0 Å². The Morgan fingerprint density at radius 2 is 1.79 bits per heavy atom. The zero-order chi connectivity index (χ0) is 33.5. The third kappa shape index (κ3) is 5.06. The summed E-state index contributed by atoms with van der Waals surface area (Å²) in [6, 6.07) is 18.1. The smallest absolute Gasteiger partial charge is 0.312 e. The first-order valence-corrected chi connectivity index (χ1v) is 14.9. The number of methoxy groups -OCH3 is 3. The third-order valence-electron chi connectivity index (χ3n) is 9.21.